The van der Waals surface area contributed by atoms with Crippen LogP contribution >= 0.6 is 0 Å². The first-order chi connectivity index (χ1) is 8.94. The van der Waals surface area contributed by atoms with Crippen molar-refractivity contribution < 1.29 is 12.6 Å². The van der Waals surface area contributed by atoms with Crippen LogP contribution < -0.4 is 0 Å². The van der Waals surface area contributed by atoms with Crippen molar-refractivity contribution in [3.05, 3.63) is 35.7 Å². The highest BCUT2D eigenvalue weighted by atomic mass is 32.2. The van der Waals surface area contributed by atoms with Gasteiger partial charge in [0, 0.05) is 6.42 Å². The molecule has 1 heterocycles. The molecular weight excluding hydrogens is 268 g/mol. The van der Waals surface area contributed by atoms with Crippen molar-refractivity contribution in [1.29, 1.82) is 0 Å². The maximum absolute atomic E-state index is 10.8. The Balaban J connectivity index is 2.03. The Bertz CT molecular complexity index is 666. The Morgan fingerprint density at radius 2 is 2.16 bits per heavy atom. The smallest absolute Gasteiger partial charge is 0.264 e. The Labute approximate surface area is 111 Å². The van der Waals surface area contributed by atoms with Gasteiger partial charge in [0.05, 0.1) is 18.6 Å². The largest absolute Gasteiger partial charge is 0.270 e. The van der Waals surface area contributed by atoms with Crippen LogP contribution in [0.5, 0.6) is 0 Å². The zero-order valence-corrected chi connectivity index (χ0v) is 11.5. The van der Waals surface area contributed by atoms with Crippen molar-refractivity contribution in [1.82, 2.24) is 20.2 Å². The molecule has 19 heavy (non-hydrogen) atoms. The van der Waals surface area contributed by atoms with Crippen LogP contribution in [-0.2, 0) is 20.7 Å². The Hall–Kier alpha value is -1.80. The first kappa shape index (κ1) is 13.6. The zero-order valence-electron chi connectivity index (χ0n) is 10.6. The van der Waals surface area contributed by atoms with Crippen molar-refractivity contribution in [3.8, 4) is 5.69 Å². The molecule has 2 aromatic rings. The highest BCUT2D eigenvalue weighted by Gasteiger charge is 2.07. The lowest BCUT2D eigenvalue weighted by Gasteiger charge is -1.99. The second-order valence-electron chi connectivity index (χ2n) is 4.11. The molecule has 0 unspecified atom stereocenters. The Morgan fingerprint density at radius 3 is 2.84 bits per heavy atom. The third-order valence-electron chi connectivity index (χ3n) is 2.31. The summed E-state index contributed by atoms with van der Waals surface area (Å²) in [4.78, 5) is 1.41. The van der Waals surface area contributed by atoms with E-state index >= 15 is 0 Å². The van der Waals surface area contributed by atoms with Crippen molar-refractivity contribution in [3.63, 3.8) is 0 Å². The molecule has 0 amide bonds. The number of nitrogens with zero attached hydrogens (tertiary/aromatic N) is 4. The van der Waals surface area contributed by atoms with Gasteiger partial charge in [-0.3, -0.25) is 4.18 Å². The van der Waals surface area contributed by atoms with Crippen LogP contribution in [0.2, 0.25) is 0 Å². The summed E-state index contributed by atoms with van der Waals surface area (Å²) in [5, 5.41) is 11.9. The summed E-state index contributed by atoms with van der Waals surface area (Å²) in [5.41, 5.74) is 1.90. The number of tetrazole rings is 1. The average molecular weight is 282 g/mol. The van der Waals surface area contributed by atoms with E-state index < -0.39 is 10.1 Å². The van der Waals surface area contributed by atoms with Gasteiger partial charge in [-0.2, -0.15) is 8.42 Å². The van der Waals surface area contributed by atoms with Crippen LogP contribution in [0, 0.1) is 6.92 Å². The van der Waals surface area contributed by atoms with Crippen LogP contribution in [-0.4, -0.2) is 41.5 Å². The lowest BCUT2D eigenvalue weighted by Crippen LogP contribution is -2.07. The lowest BCUT2D eigenvalue weighted by atomic mass is 10.2. The average Bonchev–Trinajstić information content (AvgIpc) is 2.76. The van der Waals surface area contributed by atoms with Gasteiger partial charge in [0.25, 0.3) is 10.1 Å². The monoisotopic (exact) mass is 282 g/mol. The molecule has 2 rings (SSSR count). The number of hydrogen-bond donors (Lipinski definition) is 0. The summed E-state index contributed by atoms with van der Waals surface area (Å²) in [5.74, 6) is 0.435. The fourth-order valence-corrected chi connectivity index (χ4v) is 1.88. The van der Waals surface area contributed by atoms with Gasteiger partial charge < -0.3 is 0 Å². The SMILES string of the molecule is Cc1cccc(-n2nnc(CCOS(C)(=O)=O)n2)c1. The molecule has 0 N–H and O–H groups in total. The molecule has 0 aliphatic carbocycles. The second kappa shape index (κ2) is 5.45. The predicted octanol–water partition coefficient (Wildman–Crippen LogP) is 0.489. The van der Waals surface area contributed by atoms with Gasteiger partial charge >= 0.3 is 0 Å². The van der Waals surface area contributed by atoms with Crippen LogP contribution in [0.25, 0.3) is 5.69 Å². The van der Waals surface area contributed by atoms with Crippen LogP contribution in [0.4, 0.5) is 0 Å². The number of aromatic nitrogens is 4. The molecule has 0 spiro atoms. The van der Waals surface area contributed by atoms with E-state index in [1.165, 1.54) is 4.80 Å². The molecule has 0 aliphatic rings. The van der Waals surface area contributed by atoms with E-state index in [1.807, 2.05) is 31.2 Å². The molecule has 102 valence electrons. The van der Waals surface area contributed by atoms with Crippen molar-refractivity contribution in [2.75, 3.05) is 12.9 Å². The fourth-order valence-electron chi connectivity index (χ4n) is 1.49. The van der Waals surface area contributed by atoms with Gasteiger partial charge in [0.2, 0.25) is 0 Å². The normalized spacial score (nSPS) is 11.7. The first-order valence-electron chi connectivity index (χ1n) is 5.64. The maximum atomic E-state index is 10.8. The maximum Gasteiger partial charge on any atom is 0.264 e. The first-order valence-corrected chi connectivity index (χ1v) is 7.46. The molecule has 0 radical (unpaired) electrons. The highest BCUT2D eigenvalue weighted by Crippen LogP contribution is 2.07. The molecule has 7 nitrogen and oxygen atoms in total. The summed E-state index contributed by atoms with van der Waals surface area (Å²) in [6.45, 7) is 1.99. The molecule has 0 bridgehead atoms. The minimum Gasteiger partial charge on any atom is -0.270 e. The molecule has 0 saturated heterocycles. The van der Waals surface area contributed by atoms with E-state index in [9.17, 15) is 8.42 Å². The Kier molecular flexibility index (Phi) is 3.91. The molecule has 1 aromatic carbocycles. The summed E-state index contributed by atoms with van der Waals surface area (Å²) in [6, 6.07) is 7.67. The van der Waals surface area contributed by atoms with Crippen LogP contribution in [0.3, 0.4) is 0 Å². The molecule has 8 heteroatoms. The fraction of sp³-hybridized carbons (Fsp3) is 0.364. The van der Waals surface area contributed by atoms with E-state index in [2.05, 4.69) is 19.6 Å². The molecule has 0 atom stereocenters. The minimum atomic E-state index is -3.43. The van der Waals surface area contributed by atoms with Gasteiger partial charge in [0.15, 0.2) is 5.82 Å². The minimum absolute atomic E-state index is 0.0122. The molecule has 0 aliphatic heterocycles. The van der Waals surface area contributed by atoms with E-state index in [-0.39, 0.29) is 6.61 Å². The van der Waals surface area contributed by atoms with Gasteiger partial charge in [-0.25, -0.2) is 0 Å². The van der Waals surface area contributed by atoms with Gasteiger partial charge in [-0.05, 0) is 29.8 Å². The third kappa shape index (κ3) is 4.11. The number of benzene rings is 1. The van der Waals surface area contributed by atoms with Crippen molar-refractivity contribution >= 4 is 10.1 Å². The Morgan fingerprint density at radius 1 is 1.37 bits per heavy atom. The van der Waals surface area contributed by atoms with E-state index in [4.69, 9.17) is 0 Å². The van der Waals surface area contributed by atoms with Crippen LogP contribution in [0.15, 0.2) is 24.3 Å². The number of aryl methyl sites for hydroxylation is 1. The zero-order chi connectivity index (χ0) is 13.9. The van der Waals surface area contributed by atoms with E-state index in [0.717, 1.165) is 17.5 Å². The van der Waals surface area contributed by atoms with Gasteiger partial charge in [-0.15, -0.1) is 15.0 Å². The topological polar surface area (TPSA) is 87.0 Å². The van der Waals surface area contributed by atoms with Crippen LogP contribution in [0.1, 0.15) is 11.4 Å². The highest BCUT2D eigenvalue weighted by molar-refractivity contribution is 7.85. The molecular formula is C11H14N4O3S. The van der Waals surface area contributed by atoms with Crippen molar-refractivity contribution in [2.24, 2.45) is 0 Å². The summed E-state index contributed by atoms with van der Waals surface area (Å²) in [6.07, 6.45) is 1.29. The summed E-state index contributed by atoms with van der Waals surface area (Å²) < 4.78 is 26.2. The summed E-state index contributed by atoms with van der Waals surface area (Å²) in [7, 11) is -3.43. The molecule has 0 saturated carbocycles. The quantitative estimate of drug-likeness (QED) is 0.742. The lowest BCUT2D eigenvalue weighted by molar-refractivity contribution is 0.323. The van der Waals surface area contributed by atoms with Crippen molar-refractivity contribution in [2.45, 2.75) is 13.3 Å². The standard InChI is InChI=1S/C11H14N4O3S/c1-9-4-3-5-10(8-9)15-13-11(12-14-15)6-7-18-19(2,16)17/h3-5,8H,6-7H2,1-2H3. The van der Waals surface area contributed by atoms with E-state index in [1.54, 1.807) is 0 Å². The van der Waals surface area contributed by atoms with Gasteiger partial charge in [0.1, 0.15) is 0 Å². The van der Waals surface area contributed by atoms with Gasteiger partial charge in [-0.1, -0.05) is 12.1 Å². The number of hydrogen-bond acceptors (Lipinski definition) is 6. The predicted molar refractivity (Wildman–Crippen MR) is 68.4 cm³/mol. The molecule has 1 aromatic heterocycles. The third-order valence-corrected chi connectivity index (χ3v) is 2.91. The van der Waals surface area contributed by atoms with E-state index in [0.29, 0.717) is 12.2 Å². The molecule has 0 fully saturated rings. The summed E-state index contributed by atoms with van der Waals surface area (Å²) >= 11 is 0. The second-order valence-corrected chi connectivity index (χ2v) is 5.75. The number of rotatable bonds is 5.